The predicted molar refractivity (Wildman–Crippen MR) is 126 cm³/mol. The maximum absolute atomic E-state index is 13.3. The highest BCUT2D eigenvalue weighted by atomic mass is 32.2. The minimum atomic E-state index is -3.27. The number of pyridine rings is 1. The lowest BCUT2D eigenvalue weighted by molar-refractivity contribution is -0.113. The normalized spacial score (nSPS) is 21.3. The fourth-order valence-electron chi connectivity index (χ4n) is 4.09. The zero-order valence-electron chi connectivity index (χ0n) is 19.4. The number of amides is 1. The average molecular weight is 471 g/mol. The molecule has 2 aliphatic rings. The number of carbonyl (C=O) groups is 2. The zero-order valence-corrected chi connectivity index (χ0v) is 20.3. The van der Waals surface area contributed by atoms with Gasteiger partial charge in [-0.1, -0.05) is 32.9 Å². The van der Waals surface area contributed by atoms with Crippen LogP contribution in [0.25, 0.3) is 5.57 Å². The van der Waals surface area contributed by atoms with Gasteiger partial charge in [-0.25, -0.2) is 13.1 Å². The number of ketones is 1. The molecule has 1 amide bonds. The SMILES string of the molecule is CC(C)(C)c1cc(C(=O)NC2CCC(NS(C)(=O)=O)CC2)c(C#N)c(C2=CC=CCC2=O)n1. The van der Waals surface area contributed by atoms with E-state index in [1.54, 1.807) is 24.3 Å². The van der Waals surface area contributed by atoms with Gasteiger partial charge in [0.1, 0.15) is 6.07 Å². The molecular formula is C24H30N4O4S. The van der Waals surface area contributed by atoms with Crippen molar-refractivity contribution in [3.8, 4) is 6.07 Å². The lowest BCUT2D eigenvalue weighted by Crippen LogP contribution is -2.43. The molecule has 1 heterocycles. The number of Topliss-reactive ketones (excluding diaryl/α,β-unsaturated/α-hetero) is 1. The van der Waals surface area contributed by atoms with E-state index in [4.69, 9.17) is 0 Å². The van der Waals surface area contributed by atoms with Crippen LogP contribution in [0, 0.1) is 11.3 Å². The van der Waals surface area contributed by atoms with Crippen LogP contribution in [0.4, 0.5) is 0 Å². The fourth-order valence-corrected chi connectivity index (χ4v) is 4.93. The maximum Gasteiger partial charge on any atom is 0.252 e. The third-order valence-electron chi connectivity index (χ3n) is 5.85. The standard InChI is InChI=1S/C24H30N4O4S/c1-24(2,3)21-13-18(19(14-25)22(27-21)17-7-5-6-8-20(17)29)23(30)26-15-9-11-16(12-10-15)28-33(4,31)32/h5-7,13,15-16,28H,8-12H2,1-4H3,(H,26,30). The summed E-state index contributed by atoms with van der Waals surface area (Å²) < 4.78 is 25.5. The molecule has 2 N–H and O–H groups in total. The van der Waals surface area contributed by atoms with Gasteiger partial charge in [-0.15, -0.1) is 0 Å². The van der Waals surface area contributed by atoms with Gasteiger partial charge < -0.3 is 5.32 Å². The molecule has 0 bridgehead atoms. The van der Waals surface area contributed by atoms with Gasteiger partial charge in [0.25, 0.3) is 5.91 Å². The molecule has 1 fully saturated rings. The summed E-state index contributed by atoms with van der Waals surface area (Å²) in [6.07, 6.45) is 8.99. The Morgan fingerprint density at radius 3 is 2.36 bits per heavy atom. The first-order chi connectivity index (χ1) is 15.4. The topological polar surface area (TPSA) is 129 Å². The Balaban J connectivity index is 1.90. The summed E-state index contributed by atoms with van der Waals surface area (Å²) in [6, 6.07) is 3.46. The van der Waals surface area contributed by atoms with Gasteiger partial charge in [-0.2, -0.15) is 5.26 Å². The molecule has 0 aromatic carbocycles. The van der Waals surface area contributed by atoms with Crippen LogP contribution in [0.2, 0.25) is 0 Å². The van der Waals surface area contributed by atoms with E-state index in [-0.39, 0.29) is 47.0 Å². The van der Waals surface area contributed by atoms with Gasteiger partial charge in [-0.05, 0) is 37.8 Å². The highest BCUT2D eigenvalue weighted by Gasteiger charge is 2.29. The molecule has 3 rings (SSSR count). The molecule has 0 atom stereocenters. The lowest BCUT2D eigenvalue weighted by atomic mass is 9.87. The van der Waals surface area contributed by atoms with Crippen molar-refractivity contribution in [1.29, 1.82) is 5.26 Å². The van der Waals surface area contributed by atoms with E-state index in [1.807, 2.05) is 20.8 Å². The molecule has 33 heavy (non-hydrogen) atoms. The van der Waals surface area contributed by atoms with Gasteiger partial charge in [-0.3, -0.25) is 14.6 Å². The second-order valence-electron chi connectivity index (χ2n) is 9.69. The van der Waals surface area contributed by atoms with Crippen LogP contribution >= 0.6 is 0 Å². The van der Waals surface area contributed by atoms with Crippen molar-refractivity contribution in [1.82, 2.24) is 15.0 Å². The van der Waals surface area contributed by atoms with Crippen molar-refractivity contribution < 1.29 is 18.0 Å². The summed E-state index contributed by atoms with van der Waals surface area (Å²) in [5, 5.41) is 12.9. The zero-order chi connectivity index (χ0) is 24.4. The smallest absolute Gasteiger partial charge is 0.252 e. The first-order valence-corrected chi connectivity index (χ1v) is 12.9. The third-order valence-corrected chi connectivity index (χ3v) is 6.61. The van der Waals surface area contributed by atoms with Crippen LogP contribution in [0.3, 0.4) is 0 Å². The van der Waals surface area contributed by atoms with E-state index in [0.29, 0.717) is 37.0 Å². The number of nitriles is 1. The molecule has 0 spiro atoms. The molecule has 1 saturated carbocycles. The van der Waals surface area contributed by atoms with E-state index in [2.05, 4.69) is 21.1 Å². The minimum absolute atomic E-state index is 0.0860. The van der Waals surface area contributed by atoms with Crippen molar-refractivity contribution >= 4 is 27.3 Å². The molecule has 2 aliphatic carbocycles. The van der Waals surface area contributed by atoms with E-state index < -0.39 is 15.4 Å². The van der Waals surface area contributed by atoms with Gasteiger partial charge in [0.2, 0.25) is 10.0 Å². The van der Waals surface area contributed by atoms with Gasteiger partial charge >= 0.3 is 0 Å². The van der Waals surface area contributed by atoms with Crippen molar-refractivity contribution in [3.05, 3.63) is 46.8 Å². The summed E-state index contributed by atoms with van der Waals surface area (Å²) in [4.78, 5) is 30.4. The number of rotatable bonds is 5. The van der Waals surface area contributed by atoms with E-state index in [1.165, 1.54) is 0 Å². The summed E-state index contributed by atoms with van der Waals surface area (Å²) in [6.45, 7) is 5.87. The van der Waals surface area contributed by atoms with Crippen molar-refractivity contribution in [2.75, 3.05) is 6.26 Å². The number of hydrogen-bond donors (Lipinski definition) is 2. The Labute approximate surface area is 195 Å². The predicted octanol–water partition coefficient (Wildman–Crippen LogP) is 2.75. The van der Waals surface area contributed by atoms with Crippen molar-refractivity contribution in [2.45, 2.75) is 70.4 Å². The Hall–Kier alpha value is -2.83. The van der Waals surface area contributed by atoms with E-state index >= 15 is 0 Å². The van der Waals surface area contributed by atoms with Crippen LogP contribution in [0.1, 0.15) is 80.2 Å². The summed E-state index contributed by atoms with van der Waals surface area (Å²) in [7, 11) is -3.27. The maximum atomic E-state index is 13.3. The Kier molecular flexibility index (Phi) is 7.20. The van der Waals surface area contributed by atoms with Crippen LogP contribution in [-0.2, 0) is 20.2 Å². The van der Waals surface area contributed by atoms with Crippen LogP contribution < -0.4 is 10.0 Å². The van der Waals surface area contributed by atoms with Crippen LogP contribution in [-0.4, -0.2) is 43.4 Å². The van der Waals surface area contributed by atoms with Gasteiger partial charge in [0.05, 0.1) is 23.1 Å². The average Bonchev–Trinajstić information content (AvgIpc) is 2.72. The number of sulfonamides is 1. The number of nitrogens with one attached hydrogen (secondary N) is 2. The highest BCUT2D eigenvalue weighted by Crippen LogP contribution is 2.30. The first-order valence-electron chi connectivity index (χ1n) is 11.0. The monoisotopic (exact) mass is 470 g/mol. The van der Waals surface area contributed by atoms with E-state index in [9.17, 15) is 23.3 Å². The molecule has 0 radical (unpaired) electrons. The summed E-state index contributed by atoms with van der Waals surface area (Å²) in [5.41, 5.74) is 1.08. The quantitative estimate of drug-likeness (QED) is 0.681. The highest BCUT2D eigenvalue weighted by molar-refractivity contribution is 7.88. The molecule has 0 unspecified atom stereocenters. The molecule has 1 aromatic rings. The fraction of sp³-hybridized carbons (Fsp3) is 0.500. The second-order valence-corrected chi connectivity index (χ2v) is 11.5. The van der Waals surface area contributed by atoms with E-state index in [0.717, 1.165) is 6.26 Å². The van der Waals surface area contributed by atoms with Gasteiger partial charge in [0.15, 0.2) is 5.78 Å². The lowest BCUT2D eigenvalue weighted by Gasteiger charge is -2.29. The molecule has 9 heteroatoms. The number of allylic oxidation sites excluding steroid dienone is 4. The summed E-state index contributed by atoms with van der Waals surface area (Å²) >= 11 is 0. The van der Waals surface area contributed by atoms with Crippen LogP contribution in [0.5, 0.6) is 0 Å². The number of nitrogens with zero attached hydrogens (tertiary/aromatic N) is 2. The number of hydrogen-bond acceptors (Lipinski definition) is 6. The van der Waals surface area contributed by atoms with Gasteiger partial charge in [0, 0.05) is 35.2 Å². The second kappa shape index (κ2) is 9.57. The molecule has 0 saturated heterocycles. The Morgan fingerprint density at radius 2 is 1.82 bits per heavy atom. The number of carbonyl (C=O) groups excluding carboxylic acids is 2. The first kappa shape index (κ1) is 24.8. The minimum Gasteiger partial charge on any atom is -0.349 e. The summed E-state index contributed by atoms with van der Waals surface area (Å²) in [5.74, 6) is -0.532. The number of aromatic nitrogens is 1. The third kappa shape index (κ3) is 6.15. The molecular weight excluding hydrogens is 440 g/mol. The Morgan fingerprint density at radius 1 is 1.18 bits per heavy atom. The van der Waals surface area contributed by atoms with Crippen LogP contribution in [0.15, 0.2) is 24.3 Å². The molecule has 0 aliphatic heterocycles. The molecule has 1 aromatic heterocycles. The van der Waals surface area contributed by atoms with Crippen molar-refractivity contribution in [3.63, 3.8) is 0 Å². The Bertz CT molecular complexity index is 1160. The largest absolute Gasteiger partial charge is 0.349 e. The molecule has 176 valence electrons. The van der Waals surface area contributed by atoms with Crippen molar-refractivity contribution in [2.24, 2.45) is 0 Å². The molecule has 8 nitrogen and oxygen atoms in total.